The molecule has 3 heterocycles. The molecule has 2 aliphatic rings. The third-order valence-corrected chi connectivity index (χ3v) is 7.37. The van der Waals surface area contributed by atoms with Gasteiger partial charge in [0, 0.05) is 37.8 Å². The molecule has 33 heavy (non-hydrogen) atoms. The van der Waals surface area contributed by atoms with E-state index in [4.69, 9.17) is 20.5 Å². The van der Waals surface area contributed by atoms with Crippen LogP contribution in [-0.4, -0.2) is 57.1 Å². The van der Waals surface area contributed by atoms with Gasteiger partial charge in [0.2, 0.25) is 10.0 Å². The number of rotatable bonds is 4. The summed E-state index contributed by atoms with van der Waals surface area (Å²) in [5, 5.41) is 28.2. The minimum absolute atomic E-state index is 0.0108. The van der Waals surface area contributed by atoms with Crippen LogP contribution in [0.15, 0.2) is 23.1 Å². The van der Waals surface area contributed by atoms with Crippen LogP contribution in [0.3, 0.4) is 0 Å². The number of hydrogen-bond acceptors (Lipinski definition) is 10. The highest BCUT2D eigenvalue weighted by molar-refractivity contribution is 7.89. The van der Waals surface area contributed by atoms with Gasteiger partial charge in [-0.05, 0) is 12.1 Å². The van der Waals surface area contributed by atoms with Crippen LogP contribution in [0.2, 0.25) is 0 Å². The molecule has 1 aromatic heterocycles. The Balaban J connectivity index is 1.58. The number of aromatic nitrogens is 1. The molecule has 1 fully saturated rings. The van der Waals surface area contributed by atoms with Crippen LogP contribution < -0.4 is 20.1 Å². The van der Waals surface area contributed by atoms with E-state index >= 15 is 0 Å². The van der Waals surface area contributed by atoms with Crippen LogP contribution in [0, 0.1) is 34.0 Å². The van der Waals surface area contributed by atoms with Crippen molar-refractivity contribution < 1.29 is 17.9 Å². The normalized spacial score (nSPS) is 15.8. The number of nitriles is 3. The number of sulfonamides is 1. The van der Waals surface area contributed by atoms with Gasteiger partial charge in [-0.15, -0.1) is 0 Å². The van der Waals surface area contributed by atoms with Gasteiger partial charge in [0.15, 0.2) is 11.5 Å². The predicted molar refractivity (Wildman–Crippen MR) is 116 cm³/mol. The zero-order chi connectivity index (χ0) is 23.6. The number of pyridine rings is 1. The largest absolute Gasteiger partial charge is 0.486 e. The van der Waals surface area contributed by atoms with Crippen molar-refractivity contribution >= 4 is 21.7 Å². The van der Waals surface area contributed by atoms with Crippen molar-refractivity contribution in [3.8, 4) is 29.7 Å². The number of nitrogens with two attached hydrogens (primary N) is 1. The summed E-state index contributed by atoms with van der Waals surface area (Å²) >= 11 is 0. The van der Waals surface area contributed by atoms with E-state index in [1.54, 1.807) is 11.0 Å². The maximum Gasteiger partial charge on any atom is 0.243 e. The van der Waals surface area contributed by atoms with Crippen LogP contribution in [0.5, 0.6) is 11.5 Å². The van der Waals surface area contributed by atoms with Crippen LogP contribution in [0.25, 0.3) is 0 Å². The van der Waals surface area contributed by atoms with Crippen molar-refractivity contribution in [3.05, 3.63) is 34.9 Å². The van der Waals surface area contributed by atoms with Crippen LogP contribution in [0.1, 0.15) is 16.7 Å². The molecule has 1 aromatic carbocycles. The molecule has 0 bridgehead atoms. The van der Waals surface area contributed by atoms with E-state index < -0.39 is 10.0 Å². The molecule has 168 valence electrons. The lowest BCUT2D eigenvalue weighted by Crippen LogP contribution is -2.49. The zero-order valence-corrected chi connectivity index (χ0v) is 18.3. The monoisotopic (exact) mass is 465 g/mol. The Kier molecular flexibility index (Phi) is 5.93. The molecular formula is C21H19N7O4S. The standard InChI is InChI=1S/C21H19N7O4S/c22-4-3-15-16(12-23)20(25)26-21(17(15)13-24)27-5-7-28(8-6-27)33(29,30)14-1-2-18-19(11-14)32-10-9-31-18/h1-2,11H,3,5-10H2,(H2,25,26). The molecule has 0 saturated carbocycles. The van der Waals surface area contributed by atoms with Gasteiger partial charge in [-0.25, -0.2) is 13.4 Å². The second kappa shape index (κ2) is 8.83. The lowest BCUT2D eigenvalue weighted by Gasteiger charge is -2.35. The number of benzene rings is 1. The Labute approximate surface area is 190 Å². The minimum Gasteiger partial charge on any atom is -0.486 e. The van der Waals surface area contributed by atoms with E-state index in [9.17, 15) is 18.9 Å². The Morgan fingerprint density at radius 3 is 2.30 bits per heavy atom. The highest BCUT2D eigenvalue weighted by Crippen LogP contribution is 2.34. The van der Waals surface area contributed by atoms with Gasteiger partial charge in [-0.3, -0.25) is 0 Å². The van der Waals surface area contributed by atoms with E-state index in [1.807, 2.05) is 18.2 Å². The third kappa shape index (κ3) is 3.96. The number of anilines is 2. The Bertz CT molecular complexity index is 1330. The molecule has 2 aliphatic heterocycles. The van der Waals surface area contributed by atoms with Crippen molar-refractivity contribution in [3.63, 3.8) is 0 Å². The summed E-state index contributed by atoms with van der Waals surface area (Å²) < 4.78 is 38.6. The average Bonchev–Trinajstić information content (AvgIpc) is 2.84. The van der Waals surface area contributed by atoms with Gasteiger partial charge in [-0.2, -0.15) is 20.1 Å². The van der Waals surface area contributed by atoms with Crippen molar-refractivity contribution in [1.29, 1.82) is 15.8 Å². The fourth-order valence-electron chi connectivity index (χ4n) is 3.84. The Morgan fingerprint density at radius 1 is 1.00 bits per heavy atom. The van der Waals surface area contributed by atoms with E-state index in [2.05, 4.69) is 4.98 Å². The SMILES string of the molecule is N#CCc1c(C#N)c(N)nc(N2CCN(S(=O)(=O)c3ccc4c(c3)OCCO4)CC2)c1C#N. The summed E-state index contributed by atoms with van der Waals surface area (Å²) in [6.45, 7) is 1.57. The first-order chi connectivity index (χ1) is 15.9. The summed E-state index contributed by atoms with van der Waals surface area (Å²) in [6.07, 6.45) is -0.163. The lowest BCUT2D eigenvalue weighted by atomic mass is 10.0. The fourth-order valence-corrected chi connectivity index (χ4v) is 5.28. The molecule has 2 aromatic rings. The summed E-state index contributed by atoms with van der Waals surface area (Å²) in [6, 6.07) is 10.4. The molecule has 0 unspecified atom stereocenters. The molecule has 0 amide bonds. The van der Waals surface area contributed by atoms with E-state index in [1.165, 1.54) is 16.4 Å². The number of nitrogens with zero attached hydrogens (tertiary/aromatic N) is 6. The fraction of sp³-hybridized carbons (Fsp3) is 0.333. The number of ether oxygens (including phenoxy) is 2. The first-order valence-corrected chi connectivity index (χ1v) is 11.5. The average molecular weight is 465 g/mol. The molecule has 0 aliphatic carbocycles. The summed E-state index contributed by atoms with van der Waals surface area (Å²) in [7, 11) is -3.78. The molecule has 1 saturated heterocycles. The van der Waals surface area contributed by atoms with E-state index in [0.717, 1.165) is 0 Å². The van der Waals surface area contributed by atoms with E-state index in [-0.39, 0.29) is 65.8 Å². The summed E-state index contributed by atoms with van der Waals surface area (Å²) in [5.41, 5.74) is 6.26. The van der Waals surface area contributed by atoms with Gasteiger partial charge in [0.1, 0.15) is 42.6 Å². The first kappa shape index (κ1) is 22.2. The summed E-state index contributed by atoms with van der Waals surface area (Å²) in [4.78, 5) is 6.08. The molecule has 4 rings (SSSR count). The van der Waals surface area contributed by atoms with Gasteiger partial charge in [0.05, 0.1) is 22.9 Å². The molecular weight excluding hydrogens is 446 g/mol. The highest BCUT2D eigenvalue weighted by Gasteiger charge is 2.32. The molecule has 0 atom stereocenters. The quantitative estimate of drug-likeness (QED) is 0.680. The maximum atomic E-state index is 13.2. The maximum absolute atomic E-state index is 13.2. The second-order valence-corrected chi connectivity index (χ2v) is 9.24. The zero-order valence-electron chi connectivity index (χ0n) is 17.5. The minimum atomic E-state index is -3.78. The molecule has 0 spiro atoms. The Morgan fingerprint density at radius 2 is 1.67 bits per heavy atom. The van der Waals surface area contributed by atoms with Gasteiger partial charge in [0.25, 0.3) is 0 Å². The smallest absolute Gasteiger partial charge is 0.243 e. The van der Waals surface area contributed by atoms with Crippen molar-refractivity contribution in [2.24, 2.45) is 0 Å². The predicted octanol–water partition coefficient (Wildman–Crippen LogP) is 0.755. The highest BCUT2D eigenvalue weighted by atomic mass is 32.2. The summed E-state index contributed by atoms with van der Waals surface area (Å²) in [5.74, 6) is 1.08. The van der Waals surface area contributed by atoms with Gasteiger partial charge < -0.3 is 20.1 Å². The van der Waals surface area contributed by atoms with Crippen LogP contribution in [0.4, 0.5) is 11.6 Å². The van der Waals surface area contributed by atoms with Crippen LogP contribution in [-0.2, 0) is 16.4 Å². The molecule has 2 N–H and O–H groups in total. The molecule has 11 nitrogen and oxygen atoms in total. The first-order valence-electron chi connectivity index (χ1n) is 10.0. The van der Waals surface area contributed by atoms with E-state index in [0.29, 0.717) is 24.7 Å². The second-order valence-electron chi connectivity index (χ2n) is 7.30. The third-order valence-electron chi connectivity index (χ3n) is 5.48. The number of nitrogen functional groups attached to an aromatic ring is 1. The van der Waals surface area contributed by atoms with Crippen LogP contribution >= 0.6 is 0 Å². The topological polar surface area (TPSA) is 169 Å². The number of hydrogen-bond donors (Lipinski definition) is 1. The molecule has 0 radical (unpaired) electrons. The van der Waals surface area contributed by atoms with Gasteiger partial charge >= 0.3 is 0 Å². The number of piperazine rings is 1. The van der Waals surface area contributed by atoms with Gasteiger partial charge in [-0.1, -0.05) is 0 Å². The van der Waals surface area contributed by atoms with Crippen molar-refractivity contribution in [2.75, 3.05) is 50.0 Å². The number of fused-ring (bicyclic) bond motifs is 1. The van der Waals surface area contributed by atoms with Crippen molar-refractivity contribution in [2.45, 2.75) is 11.3 Å². The Hall–Kier alpha value is -4.05. The lowest BCUT2D eigenvalue weighted by molar-refractivity contribution is 0.171. The van der Waals surface area contributed by atoms with Crippen molar-refractivity contribution in [1.82, 2.24) is 9.29 Å². The molecule has 12 heteroatoms.